The minimum Gasteiger partial charge on any atom is -0.382 e. The second-order valence-electron chi connectivity index (χ2n) is 6.34. The number of carbonyl (C=O) groups excluding carboxylic acids is 2. The maximum Gasteiger partial charge on any atom is 0.264 e. The second kappa shape index (κ2) is 8.11. The van der Waals surface area contributed by atoms with E-state index in [0.29, 0.717) is 13.0 Å². The van der Waals surface area contributed by atoms with Gasteiger partial charge in [-0.25, -0.2) is 0 Å². The van der Waals surface area contributed by atoms with E-state index in [9.17, 15) is 9.59 Å². The van der Waals surface area contributed by atoms with E-state index in [0.717, 1.165) is 44.0 Å². The zero-order chi connectivity index (χ0) is 17.6. The van der Waals surface area contributed by atoms with Crippen LogP contribution in [0.4, 0.5) is 0 Å². The number of nitrogens with one attached hydrogen (secondary N) is 1. The van der Waals surface area contributed by atoms with Gasteiger partial charge in [-0.2, -0.15) is 0 Å². The summed E-state index contributed by atoms with van der Waals surface area (Å²) in [7, 11) is 0. The van der Waals surface area contributed by atoms with E-state index in [4.69, 9.17) is 4.84 Å². The lowest BCUT2D eigenvalue weighted by molar-refractivity contribution is -0.131. The third-order valence-corrected chi connectivity index (χ3v) is 4.61. The van der Waals surface area contributed by atoms with Gasteiger partial charge in [-0.1, -0.05) is 35.5 Å². The van der Waals surface area contributed by atoms with Crippen LogP contribution in [0, 0.1) is 0 Å². The molecule has 2 aliphatic rings. The third kappa shape index (κ3) is 4.57. The molecule has 25 heavy (non-hydrogen) atoms. The minimum atomic E-state index is -0.551. The van der Waals surface area contributed by atoms with E-state index < -0.39 is 6.10 Å². The summed E-state index contributed by atoms with van der Waals surface area (Å²) in [5.41, 5.74) is 1.79. The number of rotatable bonds is 5. The predicted octanol–water partition coefficient (Wildman–Crippen LogP) is 0.460. The Balaban J connectivity index is 1.36. The molecule has 2 amide bonds. The molecule has 7 nitrogen and oxygen atoms in total. The summed E-state index contributed by atoms with van der Waals surface area (Å²) in [4.78, 5) is 32.9. The Labute approximate surface area is 147 Å². The van der Waals surface area contributed by atoms with Gasteiger partial charge in [0.15, 0.2) is 0 Å². The van der Waals surface area contributed by atoms with Crippen molar-refractivity contribution < 1.29 is 14.4 Å². The smallest absolute Gasteiger partial charge is 0.264 e. The average molecular weight is 344 g/mol. The molecule has 1 atom stereocenters. The van der Waals surface area contributed by atoms with Crippen molar-refractivity contribution in [1.29, 1.82) is 0 Å². The Morgan fingerprint density at radius 2 is 1.92 bits per heavy atom. The molecule has 7 heteroatoms. The topological polar surface area (TPSA) is 74.2 Å². The summed E-state index contributed by atoms with van der Waals surface area (Å²) in [5.74, 6) is -0.00221. The first-order valence-electron chi connectivity index (χ1n) is 8.67. The van der Waals surface area contributed by atoms with Gasteiger partial charge < -0.3 is 15.1 Å². The molecule has 134 valence electrons. The van der Waals surface area contributed by atoms with Crippen LogP contribution in [0.25, 0.3) is 0 Å². The summed E-state index contributed by atoms with van der Waals surface area (Å²) in [6.45, 7) is 6.14. The lowest BCUT2D eigenvalue weighted by Gasteiger charge is -2.34. The van der Waals surface area contributed by atoms with Crippen molar-refractivity contribution in [2.45, 2.75) is 19.4 Å². The number of amides is 2. The molecule has 1 aromatic carbocycles. The highest BCUT2D eigenvalue weighted by atomic mass is 16.6. The molecule has 0 aliphatic carbocycles. The standard InChI is InChI=1S/C18H24N4O3/c1-14(23)22-11-9-21(10-12-22)8-7-19-18(24)17-13-16(20-25-17)15-5-3-2-4-6-15/h2-6,17H,7-13H2,1H3,(H,19,24)/t17-/m1/s1. The lowest BCUT2D eigenvalue weighted by atomic mass is 10.0. The van der Waals surface area contributed by atoms with Crippen LogP contribution in [-0.4, -0.2) is 72.7 Å². The number of carbonyl (C=O) groups is 2. The van der Waals surface area contributed by atoms with Crippen molar-refractivity contribution in [2.75, 3.05) is 39.3 Å². The summed E-state index contributed by atoms with van der Waals surface area (Å²) >= 11 is 0. The SMILES string of the molecule is CC(=O)N1CCN(CCNC(=O)[C@H]2CC(c3ccccc3)=NO2)CC1. The summed E-state index contributed by atoms with van der Waals surface area (Å²) in [5, 5.41) is 6.96. The minimum absolute atomic E-state index is 0.126. The number of nitrogens with zero attached hydrogens (tertiary/aromatic N) is 3. The average Bonchev–Trinajstić information content (AvgIpc) is 3.13. The lowest BCUT2D eigenvalue weighted by Crippen LogP contribution is -2.50. The van der Waals surface area contributed by atoms with Crippen LogP contribution in [0.15, 0.2) is 35.5 Å². The molecule has 0 bridgehead atoms. The molecule has 1 fully saturated rings. The maximum absolute atomic E-state index is 12.2. The summed E-state index contributed by atoms with van der Waals surface area (Å²) in [6.07, 6.45) is -0.0580. The first-order valence-corrected chi connectivity index (χ1v) is 8.67. The molecule has 2 aliphatic heterocycles. The van der Waals surface area contributed by atoms with Crippen molar-refractivity contribution in [2.24, 2.45) is 5.16 Å². The molecular formula is C18H24N4O3. The van der Waals surface area contributed by atoms with Crippen molar-refractivity contribution in [3.63, 3.8) is 0 Å². The van der Waals surface area contributed by atoms with E-state index in [-0.39, 0.29) is 11.8 Å². The molecule has 0 saturated carbocycles. The van der Waals surface area contributed by atoms with Crippen LogP contribution in [0.3, 0.4) is 0 Å². The van der Waals surface area contributed by atoms with Gasteiger partial charge >= 0.3 is 0 Å². The molecular weight excluding hydrogens is 320 g/mol. The molecule has 1 aromatic rings. The van der Waals surface area contributed by atoms with Gasteiger partial charge in [-0.3, -0.25) is 14.5 Å². The van der Waals surface area contributed by atoms with E-state index in [2.05, 4.69) is 15.4 Å². The first kappa shape index (κ1) is 17.4. The normalized spacial score (nSPS) is 20.8. The van der Waals surface area contributed by atoms with Crippen LogP contribution >= 0.6 is 0 Å². The van der Waals surface area contributed by atoms with Gasteiger partial charge in [0, 0.05) is 52.6 Å². The highest BCUT2D eigenvalue weighted by Gasteiger charge is 2.28. The fourth-order valence-corrected chi connectivity index (χ4v) is 3.06. The predicted molar refractivity (Wildman–Crippen MR) is 94.2 cm³/mol. The van der Waals surface area contributed by atoms with Gasteiger partial charge in [-0.15, -0.1) is 0 Å². The van der Waals surface area contributed by atoms with Crippen molar-refractivity contribution in [3.8, 4) is 0 Å². The van der Waals surface area contributed by atoms with E-state index in [1.54, 1.807) is 6.92 Å². The largest absolute Gasteiger partial charge is 0.382 e. The first-order chi connectivity index (χ1) is 12.1. The highest BCUT2D eigenvalue weighted by molar-refractivity contribution is 6.04. The van der Waals surface area contributed by atoms with Crippen LogP contribution in [-0.2, 0) is 14.4 Å². The molecule has 3 rings (SSSR count). The molecule has 2 heterocycles. The fraction of sp³-hybridized carbons (Fsp3) is 0.500. The van der Waals surface area contributed by atoms with Gasteiger partial charge in [0.05, 0.1) is 5.71 Å². The van der Waals surface area contributed by atoms with Crippen LogP contribution < -0.4 is 5.32 Å². The molecule has 0 spiro atoms. The van der Waals surface area contributed by atoms with E-state index in [1.165, 1.54) is 0 Å². The van der Waals surface area contributed by atoms with E-state index in [1.807, 2.05) is 35.2 Å². The number of hydrogen-bond acceptors (Lipinski definition) is 5. The molecule has 0 aromatic heterocycles. The summed E-state index contributed by atoms with van der Waals surface area (Å²) in [6, 6.07) is 9.75. The second-order valence-corrected chi connectivity index (χ2v) is 6.34. The number of hydrogen-bond donors (Lipinski definition) is 1. The zero-order valence-electron chi connectivity index (χ0n) is 14.5. The number of benzene rings is 1. The van der Waals surface area contributed by atoms with Crippen molar-refractivity contribution >= 4 is 17.5 Å². The van der Waals surface area contributed by atoms with Gasteiger partial charge in [-0.05, 0) is 5.56 Å². The van der Waals surface area contributed by atoms with Crippen LogP contribution in [0.5, 0.6) is 0 Å². The highest BCUT2D eigenvalue weighted by Crippen LogP contribution is 2.16. The van der Waals surface area contributed by atoms with Gasteiger partial charge in [0.2, 0.25) is 12.0 Å². The van der Waals surface area contributed by atoms with Crippen molar-refractivity contribution in [1.82, 2.24) is 15.1 Å². The Kier molecular flexibility index (Phi) is 5.65. The van der Waals surface area contributed by atoms with Gasteiger partial charge in [0.1, 0.15) is 0 Å². The van der Waals surface area contributed by atoms with Crippen LogP contribution in [0.2, 0.25) is 0 Å². The monoisotopic (exact) mass is 344 g/mol. The quantitative estimate of drug-likeness (QED) is 0.842. The summed E-state index contributed by atoms with van der Waals surface area (Å²) < 4.78 is 0. The Bertz CT molecular complexity index is 639. The molecule has 0 radical (unpaired) electrons. The molecule has 1 N–H and O–H groups in total. The number of oxime groups is 1. The van der Waals surface area contributed by atoms with E-state index >= 15 is 0 Å². The third-order valence-electron chi connectivity index (χ3n) is 4.61. The molecule has 0 unspecified atom stereocenters. The fourth-order valence-electron chi connectivity index (χ4n) is 3.06. The van der Waals surface area contributed by atoms with Gasteiger partial charge in [0.25, 0.3) is 5.91 Å². The Morgan fingerprint density at radius 3 is 2.60 bits per heavy atom. The van der Waals surface area contributed by atoms with Crippen LogP contribution in [0.1, 0.15) is 18.9 Å². The Hall–Kier alpha value is -2.41. The number of piperazine rings is 1. The molecule has 1 saturated heterocycles. The zero-order valence-corrected chi connectivity index (χ0v) is 14.5. The maximum atomic E-state index is 12.2. The Morgan fingerprint density at radius 1 is 1.20 bits per heavy atom. The van der Waals surface area contributed by atoms with Crippen molar-refractivity contribution in [3.05, 3.63) is 35.9 Å².